The monoisotopic (exact) mass is 417 g/mol. The lowest BCUT2D eigenvalue weighted by Gasteiger charge is -2.25. The lowest BCUT2D eigenvalue weighted by Crippen LogP contribution is -2.31. The number of fused-ring (bicyclic) bond motifs is 1. The predicted octanol–water partition coefficient (Wildman–Crippen LogP) is 4.65. The number of benzene rings is 2. The highest BCUT2D eigenvalue weighted by atomic mass is 35.5. The Kier molecular flexibility index (Phi) is 6.99. The van der Waals surface area contributed by atoms with Gasteiger partial charge in [-0.1, -0.05) is 53.7 Å². The van der Waals surface area contributed by atoms with Crippen LogP contribution < -0.4 is 0 Å². The van der Waals surface area contributed by atoms with Gasteiger partial charge >= 0.3 is 0 Å². The van der Waals surface area contributed by atoms with Crippen LogP contribution in [-0.2, 0) is 16.1 Å². The number of carbonyl (C=O) groups is 1. The van der Waals surface area contributed by atoms with Gasteiger partial charge in [-0.05, 0) is 30.7 Å². The van der Waals surface area contributed by atoms with Crippen molar-refractivity contribution in [2.75, 3.05) is 26.5 Å². The van der Waals surface area contributed by atoms with Crippen molar-refractivity contribution in [3.05, 3.63) is 59.1 Å². The van der Waals surface area contributed by atoms with Crippen molar-refractivity contribution in [3.8, 4) is 0 Å². The van der Waals surface area contributed by atoms with Crippen molar-refractivity contribution in [2.24, 2.45) is 0 Å². The van der Waals surface area contributed by atoms with E-state index in [0.717, 1.165) is 21.8 Å². The van der Waals surface area contributed by atoms with Crippen LogP contribution in [0.5, 0.6) is 0 Å². The number of thioether (sulfide) groups is 1. The van der Waals surface area contributed by atoms with E-state index >= 15 is 0 Å². The average molecular weight is 418 g/mol. The molecule has 1 unspecified atom stereocenters. The number of ether oxygens (including phenoxy) is 1. The molecular formula is C21H24ClN3O2S. The van der Waals surface area contributed by atoms with Gasteiger partial charge in [0.05, 0.1) is 29.4 Å². The average Bonchev–Trinajstić information content (AvgIpc) is 3.06. The fourth-order valence-corrected chi connectivity index (χ4v) is 4.12. The van der Waals surface area contributed by atoms with Crippen LogP contribution in [0.1, 0.15) is 18.5 Å². The minimum atomic E-state index is 0.0143. The maximum Gasteiger partial charge on any atom is 0.233 e. The molecule has 3 aromatic rings. The van der Waals surface area contributed by atoms with Gasteiger partial charge in [-0.15, -0.1) is 0 Å². The minimum Gasteiger partial charge on any atom is -0.383 e. The molecule has 0 saturated heterocycles. The van der Waals surface area contributed by atoms with Gasteiger partial charge in [0.2, 0.25) is 5.91 Å². The number of hydrogen-bond donors (Lipinski definition) is 0. The number of hydrogen-bond acceptors (Lipinski definition) is 4. The van der Waals surface area contributed by atoms with Crippen LogP contribution in [0, 0.1) is 0 Å². The fraction of sp³-hybridized carbons (Fsp3) is 0.333. The van der Waals surface area contributed by atoms with Crippen molar-refractivity contribution in [1.82, 2.24) is 14.5 Å². The van der Waals surface area contributed by atoms with Gasteiger partial charge in [0.1, 0.15) is 0 Å². The first-order valence-corrected chi connectivity index (χ1v) is 10.5. The molecule has 1 aromatic heterocycles. The number of nitrogens with zero attached hydrogens (tertiary/aromatic N) is 3. The molecular weight excluding hydrogens is 394 g/mol. The number of aromatic nitrogens is 2. The first-order valence-electron chi connectivity index (χ1n) is 9.09. The Morgan fingerprint density at radius 2 is 2.04 bits per heavy atom. The second kappa shape index (κ2) is 9.45. The van der Waals surface area contributed by atoms with Crippen LogP contribution in [0.4, 0.5) is 0 Å². The number of amides is 1. The standard InChI is InChI=1S/C21H24ClN3O2S/c1-15(16-7-5-4-6-8-16)24(2)20(26)14-28-21-23-18-13-17(22)9-10-19(18)25(21)11-12-27-3/h4-10,13,15H,11-12,14H2,1-3H3. The number of halogens is 1. The summed E-state index contributed by atoms with van der Waals surface area (Å²) in [6.45, 7) is 3.27. The van der Waals surface area contributed by atoms with Gasteiger partial charge in [0.25, 0.3) is 0 Å². The van der Waals surface area contributed by atoms with E-state index < -0.39 is 0 Å². The van der Waals surface area contributed by atoms with Gasteiger partial charge < -0.3 is 14.2 Å². The third-order valence-electron chi connectivity index (χ3n) is 4.78. The Balaban J connectivity index is 1.74. The Labute approximate surface area is 174 Å². The van der Waals surface area contributed by atoms with Crippen molar-refractivity contribution < 1.29 is 9.53 Å². The normalized spacial score (nSPS) is 12.3. The van der Waals surface area contributed by atoms with E-state index in [1.807, 2.05) is 62.5 Å². The third-order valence-corrected chi connectivity index (χ3v) is 5.97. The molecule has 0 aliphatic heterocycles. The zero-order valence-corrected chi connectivity index (χ0v) is 17.8. The molecule has 0 aliphatic carbocycles. The zero-order valence-electron chi connectivity index (χ0n) is 16.3. The summed E-state index contributed by atoms with van der Waals surface area (Å²) < 4.78 is 7.31. The molecule has 28 heavy (non-hydrogen) atoms. The Morgan fingerprint density at radius 1 is 1.29 bits per heavy atom. The molecule has 5 nitrogen and oxygen atoms in total. The van der Waals surface area contributed by atoms with E-state index in [4.69, 9.17) is 16.3 Å². The van der Waals surface area contributed by atoms with Gasteiger partial charge in [-0.2, -0.15) is 0 Å². The summed E-state index contributed by atoms with van der Waals surface area (Å²) >= 11 is 7.55. The topological polar surface area (TPSA) is 47.4 Å². The van der Waals surface area contributed by atoms with E-state index in [-0.39, 0.29) is 11.9 Å². The largest absolute Gasteiger partial charge is 0.383 e. The van der Waals surface area contributed by atoms with Crippen molar-refractivity contribution in [3.63, 3.8) is 0 Å². The molecule has 0 saturated carbocycles. The Morgan fingerprint density at radius 3 is 2.75 bits per heavy atom. The zero-order chi connectivity index (χ0) is 20.1. The summed E-state index contributed by atoms with van der Waals surface area (Å²) in [7, 11) is 3.51. The highest BCUT2D eigenvalue weighted by Gasteiger charge is 2.19. The van der Waals surface area contributed by atoms with E-state index in [1.54, 1.807) is 12.0 Å². The first-order chi connectivity index (χ1) is 13.5. The molecule has 0 bridgehead atoms. The molecule has 0 radical (unpaired) electrons. The lowest BCUT2D eigenvalue weighted by atomic mass is 10.1. The van der Waals surface area contributed by atoms with Crippen molar-refractivity contribution >= 4 is 40.3 Å². The van der Waals surface area contributed by atoms with Crippen LogP contribution in [0.15, 0.2) is 53.7 Å². The lowest BCUT2D eigenvalue weighted by molar-refractivity contribution is -0.128. The molecule has 1 atom stereocenters. The molecule has 1 heterocycles. The molecule has 0 fully saturated rings. The smallest absolute Gasteiger partial charge is 0.233 e. The van der Waals surface area contributed by atoms with Crippen LogP contribution in [0.2, 0.25) is 5.02 Å². The molecule has 7 heteroatoms. The third kappa shape index (κ3) is 4.69. The summed E-state index contributed by atoms with van der Waals surface area (Å²) in [5.41, 5.74) is 2.93. The van der Waals surface area contributed by atoms with Crippen LogP contribution in [0.3, 0.4) is 0 Å². The number of imidazole rings is 1. The van der Waals surface area contributed by atoms with E-state index in [1.165, 1.54) is 11.8 Å². The Hall–Kier alpha value is -2.02. The highest BCUT2D eigenvalue weighted by Crippen LogP contribution is 2.27. The summed E-state index contributed by atoms with van der Waals surface area (Å²) in [4.78, 5) is 19.2. The molecule has 3 rings (SSSR count). The maximum absolute atomic E-state index is 12.7. The molecule has 148 valence electrons. The summed E-state index contributed by atoms with van der Waals surface area (Å²) in [5.74, 6) is 0.377. The second-order valence-electron chi connectivity index (χ2n) is 6.55. The second-order valence-corrected chi connectivity index (χ2v) is 7.93. The van der Waals surface area contributed by atoms with Crippen LogP contribution in [0.25, 0.3) is 11.0 Å². The molecule has 0 aliphatic rings. The van der Waals surface area contributed by atoms with Crippen LogP contribution >= 0.6 is 23.4 Å². The van der Waals surface area contributed by atoms with Crippen molar-refractivity contribution in [1.29, 1.82) is 0 Å². The van der Waals surface area contributed by atoms with Crippen molar-refractivity contribution in [2.45, 2.75) is 24.7 Å². The first kappa shape index (κ1) is 20.7. The minimum absolute atomic E-state index is 0.0143. The van der Waals surface area contributed by atoms with E-state index in [2.05, 4.69) is 9.55 Å². The van der Waals surface area contributed by atoms with Crippen LogP contribution in [-0.4, -0.2) is 46.9 Å². The van der Waals surface area contributed by atoms with Gasteiger partial charge in [0, 0.05) is 25.7 Å². The van der Waals surface area contributed by atoms with Gasteiger partial charge in [-0.25, -0.2) is 4.98 Å². The fourth-order valence-electron chi connectivity index (χ4n) is 2.99. The van der Waals surface area contributed by atoms with Gasteiger partial charge in [0.15, 0.2) is 5.16 Å². The van der Waals surface area contributed by atoms with E-state index in [0.29, 0.717) is 23.9 Å². The van der Waals surface area contributed by atoms with E-state index in [9.17, 15) is 4.79 Å². The number of carbonyl (C=O) groups excluding carboxylic acids is 1. The molecule has 1 amide bonds. The quantitative estimate of drug-likeness (QED) is 0.500. The SMILES string of the molecule is COCCn1c(SCC(=O)N(C)C(C)c2ccccc2)nc2cc(Cl)ccc21. The Bertz CT molecular complexity index is 945. The molecule has 0 N–H and O–H groups in total. The number of methoxy groups -OCH3 is 1. The summed E-state index contributed by atoms with van der Waals surface area (Å²) in [6.07, 6.45) is 0. The highest BCUT2D eigenvalue weighted by molar-refractivity contribution is 7.99. The predicted molar refractivity (Wildman–Crippen MR) is 115 cm³/mol. The number of rotatable bonds is 8. The van der Waals surface area contributed by atoms with Gasteiger partial charge in [-0.3, -0.25) is 4.79 Å². The summed E-state index contributed by atoms with van der Waals surface area (Å²) in [5, 5.41) is 1.44. The molecule has 2 aromatic carbocycles. The summed E-state index contributed by atoms with van der Waals surface area (Å²) in [6, 6.07) is 15.7. The maximum atomic E-state index is 12.7. The molecule has 0 spiro atoms.